The van der Waals surface area contributed by atoms with Crippen LogP contribution in [-0.4, -0.2) is 33.1 Å². The molecule has 0 N–H and O–H groups in total. The molecule has 0 radical (unpaired) electrons. The highest BCUT2D eigenvalue weighted by Crippen LogP contribution is 2.38. The van der Waals surface area contributed by atoms with E-state index < -0.39 is 11.7 Å². The smallest absolute Gasteiger partial charge is 0.354 e. The number of piperidine rings is 1. The molecule has 1 saturated heterocycles. The van der Waals surface area contributed by atoms with E-state index in [1.807, 2.05) is 16.9 Å². The number of hydrogen-bond donors (Lipinski definition) is 0. The molecule has 140 valence electrons. The third-order valence-corrected chi connectivity index (χ3v) is 4.81. The van der Waals surface area contributed by atoms with Crippen molar-refractivity contribution < 1.29 is 13.2 Å². The molecule has 0 unspecified atom stereocenters. The van der Waals surface area contributed by atoms with Crippen LogP contribution in [0, 0.1) is 0 Å². The average molecular weight is 373 g/mol. The molecule has 0 bridgehead atoms. The van der Waals surface area contributed by atoms with E-state index in [2.05, 4.69) is 15.3 Å². The molecule has 3 heterocycles. The van der Waals surface area contributed by atoms with E-state index in [1.54, 1.807) is 41.4 Å². The van der Waals surface area contributed by atoms with Crippen LogP contribution < -0.4 is 4.90 Å². The molecule has 1 aliphatic rings. The van der Waals surface area contributed by atoms with Gasteiger partial charge in [-0.2, -0.15) is 18.3 Å². The van der Waals surface area contributed by atoms with Gasteiger partial charge in [0.1, 0.15) is 5.56 Å². The Hall–Kier alpha value is -2.90. The molecule has 3 aromatic rings. The monoisotopic (exact) mass is 373 g/mol. The first kappa shape index (κ1) is 17.5. The molecule has 0 spiro atoms. The number of benzene rings is 1. The fraction of sp³-hybridized carbons (Fsp3) is 0.316. The van der Waals surface area contributed by atoms with Crippen LogP contribution in [0.2, 0.25) is 0 Å². The summed E-state index contributed by atoms with van der Waals surface area (Å²) in [7, 11) is 0. The molecule has 8 heteroatoms. The number of alkyl halides is 3. The lowest BCUT2D eigenvalue weighted by Gasteiger charge is -2.33. The number of hydrogen-bond acceptors (Lipinski definition) is 4. The Labute approximate surface area is 154 Å². The molecule has 0 saturated carbocycles. The van der Waals surface area contributed by atoms with Crippen LogP contribution in [0.15, 0.2) is 54.9 Å². The van der Waals surface area contributed by atoms with E-state index in [1.165, 1.54) is 0 Å². The Morgan fingerprint density at radius 3 is 2.33 bits per heavy atom. The zero-order valence-corrected chi connectivity index (χ0v) is 14.5. The second-order valence-electron chi connectivity index (χ2n) is 6.53. The molecule has 0 amide bonds. The van der Waals surface area contributed by atoms with E-state index in [0.29, 0.717) is 31.5 Å². The Morgan fingerprint density at radius 1 is 0.963 bits per heavy atom. The minimum Gasteiger partial charge on any atom is -0.354 e. The van der Waals surface area contributed by atoms with Crippen molar-refractivity contribution >= 4 is 5.82 Å². The van der Waals surface area contributed by atoms with Gasteiger partial charge in [-0.05, 0) is 25.0 Å². The van der Waals surface area contributed by atoms with Crippen molar-refractivity contribution in [2.24, 2.45) is 0 Å². The molecule has 4 rings (SSSR count). The minimum atomic E-state index is -4.49. The molecule has 1 fully saturated rings. The van der Waals surface area contributed by atoms with Crippen molar-refractivity contribution in [3.63, 3.8) is 0 Å². The zero-order valence-electron chi connectivity index (χ0n) is 14.5. The SMILES string of the molecule is FC(F)(F)c1cc(-c2ccccc2)nnc1N1CCC(n2cccn2)CC1. The Balaban J connectivity index is 1.61. The summed E-state index contributed by atoms with van der Waals surface area (Å²) >= 11 is 0. The topological polar surface area (TPSA) is 46.8 Å². The van der Waals surface area contributed by atoms with Gasteiger partial charge < -0.3 is 4.90 Å². The number of rotatable bonds is 3. The van der Waals surface area contributed by atoms with Gasteiger partial charge in [0.15, 0.2) is 5.82 Å². The van der Waals surface area contributed by atoms with Crippen LogP contribution in [0.25, 0.3) is 11.3 Å². The first-order valence-electron chi connectivity index (χ1n) is 8.77. The van der Waals surface area contributed by atoms with Crippen LogP contribution >= 0.6 is 0 Å². The maximum absolute atomic E-state index is 13.7. The minimum absolute atomic E-state index is 0.0962. The standard InChI is InChI=1S/C19H18F3N5/c20-19(21,22)16-13-17(14-5-2-1-3-6-14)24-25-18(16)26-11-7-15(8-12-26)27-10-4-9-23-27/h1-6,9-10,13,15H,7-8,11-12H2. The van der Waals surface area contributed by atoms with Crippen molar-refractivity contribution in [3.8, 4) is 11.3 Å². The highest BCUT2D eigenvalue weighted by Gasteiger charge is 2.37. The van der Waals surface area contributed by atoms with Crippen LogP contribution in [-0.2, 0) is 6.18 Å². The molecule has 5 nitrogen and oxygen atoms in total. The largest absolute Gasteiger partial charge is 0.420 e. The summed E-state index contributed by atoms with van der Waals surface area (Å²) in [4.78, 5) is 1.67. The quantitative estimate of drug-likeness (QED) is 0.690. The second kappa shape index (κ2) is 7.02. The summed E-state index contributed by atoms with van der Waals surface area (Å²) in [6, 6.07) is 11.9. The highest BCUT2D eigenvalue weighted by molar-refractivity contribution is 5.62. The number of nitrogens with zero attached hydrogens (tertiary/aromatic N) is 5. The summed E-state index contributed by atoms with van der Waals surface area (Å²) in [5.74, 6) is -0.0962. The van der Waals surface area contributed by atoms with Gasteiger partial charge in [0.25, 0.3) is 0 Å². The summed E-state index contributed by atoms with van der Waals surface area (Å²) < 4.78 is 42.9. The van der Waals surface area contributed by atoms with Crippen LogP contribution in [0.4, 0.5) is 19.0 Å². The maximum Gasteiger partial charge on any atom is 0.420 e. The van der Waals surface area contributed by atoms with Gasteiger partial charge in [0.05, 0.1) is 11.7 Å². The number of aromatic nitrogens is 4. The van der Waals surface area contributed by atoms with E-state index in [-0.39, 0.29) is 17.6 Å². The van der Waals surface area contributed by atoms with Crippen molar-refractivity contribution in [1.82, 2.24) is 20.0 Å². The maximum atomic E-state index is 13.7. The molecule has 2 aromatic heterocycles. The first-order chi connectivity index (χ1) is 13.0. The molecule has 0 atom stereocenters. The summed E-state index contributed by atoms with van der Waals surface area (Å²) in [5.41, 5.74) is 0.0893. The third-order valence-electron chi connectivity index (χ3n) is 4.81. The van der Waals surface area contributed by atoms with E-state index in [9.17, 15) is 13.2 Å². The van der Waals surface area contributed by atoms with Crippen molar-refractivity contribution in [3.05, 3.63) is 60.4 Å². The van der Waals surface area contributed by atoms with Crippen molar-refractivity contribution in [2.45, 2.75) is 25.1 Å². The fourth-order valence-electron chi connectivity index (χ4n) is 3.42. The first-order valence-corrected chi connectivity index (χ1v) is 8.77. The van der Waals surface area contributed by atoms with Gasteiger partial charge in [-0.1, -0.05) is 30.3 Å². The lowest BCUT2D eigenvalue weighted by Crippen LogP contribution is -2.36. The zero-order chi connectivity index (χ0) is 18.9. The van der Waals surface area contributed by atoms with Crippen LogP contribution in [0.1, 0.15) is 24.4 Å². The van der Waals surface area contributed by atoms with Crippen LogP contribution in [0.3, 0.4) is 0 Å². The molecular formula is C19H18F3N5. The Bertz CT molecular complexity index is 885. The molecule has 27 heavy (non-hydrogen) atoms. The summed E-state index contributed by atoms with van der Waals surface area (Å²) in [5, 5.41) is 12.3. The van der Waals surface area contributed by atoms with Gasteiger partial charge in [0.2, 0.25) is 0 Å². The van der Waals surface area contributed by atoms with Crippen LogP contribution in [0.5, 0.6) is 0 Å². The summed E-state index contributed by atoms with van der Waals surface area (Å²) in [6.07, 6.45) is 0.521. The van der Waals surface area contributed by atoms with E-state index >= 15 is 0 Å². The van der Waals surface area contributed by atoms with Crippen molar-refractivity contribution in [2.75, 3.05) is 18.0 Å². The Morgan fingerprint density at radius 2 is 1.70 bits per heavy atom. The van der Waals surface area contributed by atoms with Gasteiger partial charge in [-0.3, -0.25) is 4.68 Å². The molecular weight excluding hydrogens is 355 g/mol. The molecule has 1 aliphatic heterocycles. The highest BCUT2D eigenvalue weighted by atomic mass is 19.4. The summed E-state index contributed by atoms with van der Waals surface area (Å²) in [6.45, 7) is 0.958. The van der Waals surface area contributed by atoms with Gasteiger partial charge in [-0.15, -0.1) is 10.2 Å². The number of halogens is 3. The third kappa shape index (κ3) is 3.65. The normalized spacial score (nSPS) is 15.9. The van der Waals surface area contributed by atoms with Gasteiger partial charge >= 0.3 is 6.18 Å². The van der Waals surface area contributed by atoms with E-state index in [0.717, 1.165) is 6.07 Å². The average Bonchev–Trinajstić information content (AvgIpc) is 3.23. The lowest BCUT2D eigenvalue weighted by molar-refractivity contribution is -0.137. The fourth-order valence-corrected chi connectivity index (χ4v) is 3.42. The predicted octanol–water partition coefficient (Wildman–Crippen LogP) is 4.20. The van der Waals surface area contributed by atoms with E-state index in [4.69, 9.17) is 0 Å². The molecule has 0 aliphatic carbocycles. The van der Waals surface area contributed by atoms with Crippen molar-refractivity contribution in [1.29, 1.82) is 0 Å². The Kier molecular flexibility index (Phi) is 4.55. The second-order valence-corrected chi connectivity index (χ2v) is 6.53. The van der Waals surface area contributed by atoms with Gasteiger partial charge in [-0.25, -0.2) is 0 Å². The molecule has 1 aromatic carbocycles. The number of anilines is 1. The lowest BCUT2D eigenvalue weighted by atomic mass is 10.0. The van der Waals surface area contributed by atoms with Gasteiger partial charge in [0, 0.05) is 31.0 Å². The predicted molar refractivity (Wildman–Crippen MR) is 95.2 cm³/mol.